The molecule has 17 heavy (non-hydrogen) atoms. The van der Waals surface area contributed by atoms with Crippen LogP contribution in [0.5, 0.6) is 0 Å². The fraction of sp³-hybridized carbons (Fsp3) is 0.923. The van der Waals surface area contributed by atoms with Crippen LogP contribution < -0.4 is 11.1 Å². The van der Waals surface area contributed by atoms with Crippen molar-refractivity contribution in [2.75, 3.05) is 13.2 Å². The third kappa shape index (κ3) is 3.42. The van der Waals surface area contributed by atoms with Crippen LogP contribution in [0.2, 0.25) is 0 Å². The van der Waals surface area contributed by atoms with Gasteiger partial charge in [0.15, 0.2) is 0 Å². The van der Waals surface area contributed by atoms with Crippen LogP contribution in [0.15, 0.2) is 0 Å². The van der Waals surface area contributed by atoms with Gasteiger partial charge < -0.3 is 16.2 Å². The van der Waals surface area contributed by atoms with E-state index < -0.39 is 11.0 Å². The molecule has 4 heteroatoms. The van der Waals surface area contributed by atoms with E-state index in [0.29, 0.717) is 12.5 Å². The maximum atomic E-state index is 12.1. The van der Waals surface area contributed by atoms with Crippen LogP contribution >= 0.6 is 0 Å². The van der Waals surface area contributed by atoms with E-state index in [2.05, 4.69) is 12.2 Å². The molecule has 0 aromatic carbocycles. The van der Waals surface area contributed by atoms with Gasteiger partial charge >= 0.3 is 0 Å². The Bertz CT molecular complexity index is 269. The summed E-state index contributed by atoms with van der Waals surface area (Å²) in [6.07, 6.45) is 3.84. The summed E-state index contributed by atoms with van der Waals surface area (Å²) in [6, 6.07) is 0. The minimum atomic E-state index is -0.564. The number of carbonyl (C=O) groups excluding carboxylic acids is 1. The number of amides is 1. The fourth-order valence-electron chi connectivity index (χ4n) is 2.14. The highest BCUT2D eigenvalue weighted by Gasteiger charge is 2.38. The van der Waals surface area contributed by atoms with Crippen molar-refractivity contribution in [1.29, 1.82) is 0 Å². The van der Waals surface area contributed by atoms with Gasteiger partial charge in [0.1, 0.15) is 0 Å². The number of hydrogen-bond acceptors (Lipinski definition) is 3. The van der Waals surface area contributed by atoms with E-state index in [9.17, 15) is 9.90 Å². The molecule has 0 unspecified atom stereocenters. The first-order valence-corrected chi connectivity index (χ1v) is 6.49. The lowest BCUT2D eigenvalue weighted by atomic mass is 9.76. The number of hydrogen-bond donors (Lipinski definition) is 3. The van der Waals surface area contributed by atoms with Gasteiger partial charge in [0, 0.05) is 6.54 Å². The van der Waals surface area contributed by atoms with Crippen molar-refractivity contribution in [2.24, 2.45) is 17.1 Å². The second-order valence-electron chi connectivity index (χ2n) is 6.16. The van der Waals surface area contributed by atoms with Crippen LogP contribution in [-0.2, 0) is 4.79 Å². The topological polar surface area (TPSA) is 75.3 Å². The van der Waals surface area contributed by atoms with Gasteiger partial charge in [-0.15, -0.1) is 0 Å². The summed E-state index contributed by atoms with van der Waals surface area (Å²) < 4.78 is 0. The first-order chi connectivity index (χ1) is 7.85. The number of aliphatic hydroxyl groups is 1. The van der Waals surface area contributed by atoms with Gasteiger partial charge in [-0.05, 0) is 45.4 Å². The van der Waals surface area contributed by atoms with E-state index in [1.54, 1.807) is 0 Å². The maximum absolute atomic E-state index is 12.1. The first-order valence-electron chi connectivity index (χ1n) is 6.49. The van der Waals surface area contributed by atoms with Crippen LogP contribution in [0.3, 0.4) is 0 Å². The molecule has 0 atom stereocenters. The van der Waals surface area contributed by atoms with E-state index in [0.717, 1.165) is 25.7 Å². The van der Waals surface area contributed by atoms with Crippen LogP contribution in [0, 0.1) is 11.3 Å². The average molecular weight is 242 g/mol. The van der Waals surface area contributed by atoms with Gasteiger partial charge in [-0.25, -0.2) is 0 Å². The Hall–Kier alpha value is -0.610. The molecule has 1 rings (SSSR count). The molecule has 1 saturated carbocycles. The molecule has 0 spiro atoms. The quantitative estimate of drug-likeness (QED) is 0.689. The SMILES string of the molecule is CC1CCC(CO)(NC(=O)C(C)(C)CN)CC1. The number of aliphatic hydroxyl groups excluding tert-OH is 1. The van der Waals surface area contributed by atoms with Crippen molar-refractivity contribution >= 4 is 5.91 Å². The number of rotatable bonds is 4. The van der Waals surface area contributed by atoms with Gasteiger partial charge in [0.05, 0.1) is 17.6 Å². The van der Waals surface area contributed by atoms with Crippen molar-refractivity contribution in [1.82, 2.24) is 5.32 Å². The summed E-state index contributed by atoms with van der Waals surface area (Å²) in [5, 5.41) is 12.6. The Morgan fingerprint density at radius 3 is 2.41 bits per heavy atom. The summed E-state index contributed by atoms with van der Waals surface area (Å²) in [4.78, 5) is 12.1. The van der Waals surface area contributed by atoms with Crippen molar-refractivity contribution in [2.45, 2.75) is 52.0 Å². The molecule has 0 radical (unpaired) electrons. The fourth-order valence-corrected chi connectivity index (χ4v) is 2.14. The summed E-state index contributed by atoms with van der Waals surface area (Å²) in [6.45, 7) is 6.22. The van der Waals surface area contributed by atoms with Crippen LogP contribution in [0.4, 0.5) is 0 Å². The minimum Gasteiger partial charge on any atom is -0.394 e. The van der Waals surface area contributed by atoms with Gasteiger partial charge in [-0.1, -0.05) is 6.92 Å². The Kier molecular flexibility index (Phi) is 4.55. The van der Waals surface area contributed by atoms with Gasteiger partial charge in [0.25, 0.3) is 0 Å². The summed E-state index contributed by atoms with van der Waals surface area (Å²) in [5.41, 5.74) is 4.61. The number of nitrogens with two attached hydrogens (primary N) is 1. The van der Waals surface area contributed by atoms with Gasteiger partial charge in [0.2, 0.25) is 5.91 Å². The molecule has 1 amide bonds. The third-order valence-corrected chi connectivity index (χ3v) is 4.04. The molecule has 1 fully saturated rings. The minimum absolute atomic E-state index is 0.0200. The van der Waals surface area contributed by atoms with E-state index in [4.69, 9.17) is 5.73 Å². The van der Waals surface area contributed by atoms with Gasteiger partial charge in [-0.3, -0.25) is 4.79 Å². The van der Waals surface area contributed by atoms with Crippen LogP contribution in [0.25, 0.3) is 0 Å². The van der Waals surface area contributed by atoms with Gasteiger partial charge in [-0.2, -0.15) is 0 Å². The van der Waals surface area contributed by atoms with E-state index >= 15 is 0 Å². The highest BCUT2D eigenvalue weighted by Crippen LogP contribution is 2.32. The average Bonchev–Trinajstić information content (AvgIpc) is 2.32. The molecular weight excluding hydrogens is 216 g/mol. The Morgan fingerprint density at radius 2 is 2.00 bits per heavy atom. The first kappa shape index (κ1) is 14.5. The van der Waals surface area contributed by atoms with E-state index in [-0.39, 0.29) is 12.5 Å². The number of nitrogens with one attached hydrogen (secondary N) is 1. The predicted molar refractivity (Wildman–Crippen MR) is 68.4 cm³/mol. The van der Waals surface area contributed by atoms with Crippen molar-refractivity contribution in [3.05, 3.63) is 0 Å². The van der Waals surface area contributed by atoms with Crippen LogP contribution in [-0.4, -0.2) is 29.7 Å². The molecule has 100 valence electrons. The summed E-state index contributed by atoms with van der Waals surface area (Å²) >= 11 is 0. The Balaban J connectivity index is 2.67. The van der Waals surface area contributed by atoms with Crippen molar-refractivity contribution in [3.63, 3.8) is 0 Å². The summed E-state index contributed by atoms with van der Waals surface area (Å²) in [5.74, 6) is 0.637. The molecule has 0 saturated heterocycles. The highest BCUT2D eigenvalue weighted by atomic mass is 16.3. The second kappa shape index (κ2) is 5.36. The molecule has 0 heterocycles. The van der Waals surface area contributed by atoms with Crippen LogP contribution in [0.1, 0.15) is 46.5 Å². The lowest BCUT2D eigenvalue weighted by Crippen LogP contribution is -2.57. The Morgan fingerprint density at radius 1 is 1.47 bits per heavy atom. The zero-order valence-corrected chi connectivity index (χ0v) is 11.3. The molecule has 0 aromatic rings. The molecule has 0 aliphatic heterocycles. The van der Waals surface area contributed by atoms with E-state index in [1.165, 1.54) is 0 Å². The lowest BCUT2D eigenvalue weighted by Gasteiger charge is -2.40. The zero-order chi connectivity index (χ0) is 13.1. The normalized spacial score (nSPS) is 30.1. The second-order valence-corrected chi connectivity index (χ2v) is 6.16. The van der Waals surface area contributed by atoms with Crippen molar-refractivity contribution in [3.8, 4) is 0 Å². The molecule has 1 aliphatic rings. The third-order valence-electron chi connectivity index (χ3n) is 4.04. The highest BCUT2D eigenvalue weighted by molar-refractivity contribution is 5.82. The zero-order valence-electron chi connectivity index (χ0n) is 11.3. The number of carbonyl (C=O) groups is 1. The largest absolute Gasteiger partial charge is 0.394 e. The van der Waals surface area contributed by atoms with E-state index in [1.807, 2.05) is 13.8 Å². The summed E-state index contributed by atoms with van der Waals surface area (Å²) in [7, 11) is 0. The lowest BCUT2D eigenvalue weighted by molar-refractivity contribution is -0.132. The monoisotopic (exact) mass is 242 g/mol. The molecular formula is C13H26N2O2. The molecule has 0 aromatic heterocycles. The van der Waals surface area contributed by atoms with Crippen molar-refractivity contribution < 1.29 is 9.90 Å². The molecule has 0 bridgehead atoms. The Labute approximate surface area is 104 Å². The standard InChI is InChI=1S/C13H26N2O2/c1-10-4-6-13(9-16,7-5-10)15-11(17)12(2,3)8-14/h10,16H,4-9,14H2,1-3H3,(H,15,17). The molecule has 4 N–H and O–H groups in total. The smallest absolute Gasteiger partial charge is 0.227 e. The molecule has 4 nitrogen and oxygen atoms in total. The molecule has 1 aliphatic carbocycles. The predicted octanol–water partition coefficient (Wildman–Crippen LogP) is 1.03. The maximum Gasteiger partial charge on any atom is 0.227 e.